The highest BCUT2D eigenvalue weighted by molar-refractivity contribution is 7.89. The van der Waals surface area contributed by atoms with Gasteiger partial charge in [-0.05, 0) is 18.6 Å². The second-order valence-corrected chi connectivity index (χ2v) is 6.47. The van der Waals surface area contributed by atoms with E-state index < -0.39 is 38.4 Å². The molecule has 1 saturated heterocycles. The monoisotopic (exact) mass is 305 g/mol. The largest absolute Gasteiger partial charge is 0.399 e. The van der Waals surface area contributed by atoms with Crippen LogP contribution in [0.5, 0.6) is 0 Å². The molecule has 1 atom stereocenters. The number of nitrogens with two attached hydrogens (primary N) is 2. The summed E-state index contributed by atoms with van der Waals surface area (Å²) < 4.78 is 52.3. The number of carbonyl (C=O) groups is 1. The Morgan fingerprint density at radius 3 is 2.55 bits per heavy atom. The zero-order valence-electron chi connectivity index (χ0n) is 10.3. The molecule has 0 saturated carbocycles. The quantitative estimate of drug-likeness (QED) is 0.769. The van der Waals surface area contributed by atoms with Crippen molar-refractivity contribution in [2.24, 2.45) is 11.7 Å². The Bertz CT molecular complexity index is 663. The fourth-order valence-electron chi connectivity index (χ4n) is 2.09. The Kier molecular flexibility index (Phi) is 3.65. The van der Waals surface area contributed by atoms with Gasteiger partial charge in [-0.25, -0.2) is 17.2 Å². The SMILES string of the molecule is NC(=O)C1CCN(S(=O)(=O)c2cc(N)cc(F)c2F)C1. The average molecular weight is 305 g/mol. The maximum atomic E-state index is 13.7. The number of hydrogen-bond acceptors (Lipinski definition) is 4. The molecule has 20 heavy (non-hydrogen) atoms. The van der Waals surface area contributed by atoms with Crippen molar-refractivity contribution in [2.45, 2.75) is 11.3 Å². The van der Waals surface area contributed by atoms with E-state index in [0.717, 1.165) is 10.4 Å². The average Bonchev–Trinajstić information content (AvgIpc) is 2.83. The van der Waals surface area contributed by atoms with Gasteiger partial charge in [-0.2, -0.15) is 4.31 Å². The summed E-state index contributed by atoms with van der Waals surface area (Å²) >= 11 is 0. The summed E-state index contributed by atoms with van der Waals surface area (Å²) in [5, 5.41) is 0. The van der Waals surface area contributed by atoms with Crippen LogP contribution in [0.15, 0.2) is 17.0 Å². The molecular formula is C11H13F2N3O3S. The lowest BCUT2D eigenvalue weighted by molar-refractivity contribution is -0.121. The third-order valence-electron chi connectivity index (χ3n) is 3.19. The lowest BCUT2D eigenvalue weighted by atomic mass is 10.1. The fraction of sp³-hybridized carbons (Fsp3) is 0.364. The smallest absolute Gasteiger partial charge is 0.246 e. The predicted octanol–water partition coefficient (Wildman–Crippen LogP) is 0.0429. The Morgan fingerprint density at radius 2 is 2.00 bits per heavy atom. The molecule has 1 fully saturated rings. The molecule has 2 rings (SSSR count). The standard InChI is InChI=1S/C11H13F2N3O3S/c12-8-3-7(14)4-9(10(8)13)20(18,19)16-2-1-6(5-16)11(15)17/h3-4,6H,1-2,5,14H2,(H2,15,17). The number of halogens is 2. The number of amides is 1. The molecule has 1 aromatic carbocycles. The highest BCUT2D eigenvalue weighted by Gasteiger charge is 2.37. The fourth-order valence-corrected chi connectivity index (χ4v) is 3.70. The first kappa shape index (κ1) is 14.7. The van der Waals surface area contributed by atoms with Gasteiger partial charge >= 0.3 is 0 Å². The van der Waals surface area contributed by atoms with Crippen molar-refractivity contribution in [1.29, 1.82) is 0 Å². The van der Waals surface area contributed by atoms with Gasteiger partial charge in [-0.1, -0.05) is 0 Å². The van der Waals surface area contributed by atoms with Gasteiger partial charge in [-0.3, -0.25) is 4.79 Å². The molecule has 0 bridgehead atoms. The third kappa shape index (κ3) is 2.46. The number of primary amides is 1. The molecule has 9 heteroatoms. The van der Waals surface area contributed by atoms with Crippen LogP contribution in [0.2, 0.25) is 0 Å². The molecule has 110 valence electrons. The first-order chi connectivity index (χ1) is 9.23. The van der Waals surface area contributed by atoms with Crippen LogP contribution in [-0.2, 0) is 14.8 Å². The summed E-state index contributed by atoms with van der Waals surface area (Å²) in [7, 11) is -4.25. The highest BCUT2D eigenvalue weighted by atomic mass is 32.2. The number of rotatable bonds is 3. The minimum absolute atomic E-state index is 0.0196. The minimum atomic E-state index is -4.25. The van der Waals surface area contributed by atoms with Crippen LogP contribution < -0.4 is 11.5 Å². The van der Waals surface area contributed by atoms with Gasteiger partial charge in [0, 0.05) is 18.8 Å². The van der Waals surface area contributed by atoms with Crippen LogP contribution in [0.25, 0.3) is 0 Å². The van der Waals surface area contributed by atoms with Crippen molar-refractivity contribution in [3.63, 3.8) is 0 Å². The number of carbonyl (C=O) groups excluding carboxylic acids is 1. The van der Waals surface area contributed by atoms with Gasteiger partial charge in [-0.15, -0.1) is 0 Å². The summed E-state index contributed by atoms with van der Waals surface area (Å²) in [6, 6.07) is 1.55. The molecule has 0 aromatic heterocycles. The Labute approximate surface area is 114 Å². The van der Waals surface area contributed by atoms with Crippen molar-refractivity contribution >= 4 is 21.6 Å². The van der Waals surface area contributed by atoms with E-state index in [9.17, 15) is 22.0 Å². The molecule has 1 aliphatic rings. The van der Waals surface area contributed by atoms with Crippen LogP contribution in [-0.4, -0.2) is 31.7 Å². The zero-order valence-corrected chi connectivity index (χ0v) is 11.2. The Balaban J connectivity index is 2.40. The summed E-state index contributed by atoms with van der Waals surface area (Å²) in [4.78, 5) is 10.2. The van der Waals surface area contributed by atoms with Gasteiger partial charge in [0.15, 0.2) is 11.6 Å². The summed E-state index contributed by atoms with van der Waals surface area (Å²) in [6.45, 7) is -0.126. The molecule has 1 amide bonds. The van der Waals surface area contributed by atoms with E-state index in [4.69, 9.17) is 11.5 Å². The summed E-state index contributed by atoms with van der Waals surface area (Å²) in [6.07, 6.45) is 0.251. The van der Waals surface area contributed by atoms with Gasteiger partial charge in [0.05, 0.1) is 5.92 Å². The molecule has 4 N–H and O–H groups in total. The van der Waals surface area contributed by atoms with E-state index in [1.165, 1.54) is 0 Å². The minimum Gasteiger partial charge on any atom is -0.399 e. The van der Waals surface area contributed by atoms with Crippen LogP contribution in [0.3, 0.4) is 0 Å². The lowest BCUT2D eigenvalue weighted by Gasteiger charge is -2.17. The third-order valence-corrected chi connectivity index (χ3v) is 5.05. The second kappa shape index (κ2) is 4.98. The van der Waals surface area contributed by atoms with Crippen molar-refractivity contribution in [1.82, 2.24) is 4.31 Å². The van der Waals surface area contributed by atoms with E-state index in [0.29, 0.717) is 6.07 Å². The molecule has 1 aliphatic heterocycles. The van der Waals surface area contributed by atoms with Crippen molar-refractivity contribution in [3.8, 4) is 0 Å². The van der Waals surface area contributed by atoms with Crippen molar-refractivity contribution in [3.05, 3.63) is 23.8 Å². The van der Waals surface area contributed by atoms with Crippen LogP contribution in [0, 0.1) is 17.6 Å². The van der Waals surface area contributed by atoms with Crippen LogP contribution in [0.1, 0.15) is 6.42 Å². The van der Waals surface area contributed by atoms with Crippen molar-refractivity contribution < 1.29 is 22.0 Å². The van der Waals surface area contributed by atoms with E-state index in [1.807, 2.05) is 0 Å². The topological polar surface area (TPSA) is 106 Å². The van der Waals surface area contributed by atoms with E-state index >= 15 is 0 Å². The number of anilines is 1. The molecule has 1 heterocycles. The summed E-state index contributed by atoms with van der Waals surface area (Å²) in [5.74, 6) is -4.07. The molecule has 0 spiro atoms. The maximum absolute atomic E-state index is 13.7. The maximum Gasteiger partial charge on any atom is 0.246 e. The predicted molar refractivity (Wildman–Crippen MR) is 66.8 cm³/mol. The van der Waals surface area contributed by atoms with Gasteiger partial charge < -0.3 is 11.5 Å². The molecule has 0 aliphatic carbocycles. The van der Waals surface area contributed by atoms with Gasteiger partial charge in [0.25, 0.3) is 0 Å². The molecule has 6 nitrogen and oxygen atoms in total. The second-order valence-electron chi connectivity index (χ2n) is 4.57. The number of nitrogen functional groups attached to an aromatic ring is 1. The summed E-state index contributed by atoms with van der Waals surface area (Å²) in [5.41, 5.74) is 10.2. The Hall–Kier alpha value is -1.74. The van der Waals surface area contributed by atoms with Gasteiger partial charge in [0.1, 0.15) is 4.90 Å². The van der Waals surface area contributed by atoms with E-state index in [2.05, 4.69) is 0 Å². The number of hydrogen-bond donors (Lipinski definition) is 2. The molecule has 0 radical (unpaired) electrons. The lowest BCUT2D eigenvalue weighted by Crippen LogP contribution is -2.32. The highest BCUT2D eigenvalue weighted by Crippen LogP contribution is 2.28. The molecule has 1 unspecified atom stereocenters. The van der Waals surface area contributed by atoms with E-state index in [1.54, 1.807) is 0 Å². The van der Waals surface area contributed by atoms with Gasteiger partial charge in [0.2, 0.25) is 15.9 Å². The first-order valence-electron chi connectivity index (χ1n) is 5.77. The first-order valence-corrected chi connectivity index (χ1v) is 7.21. The van der Waals surface area contributed by atoms with E-state index in [-0.39, 0.29) is 25.2 Å². The zero-order chi connectivity index (χ0) is 15.1. The number of sulfonamides is 1. The number of benzene rings is 1. The van der Waals surface area contributed by atoms with Crippen LogP contribution >= 0.6 is 0 Å². The van der Waals surface area contributed by atoms with Crippen molar-refractivity contribution in [2.75, 3.05) is 18.8 Å². The number of nitrogens with zero attached hydrogens (tertiary/aromatic N) is 1. The molecular weight excluding hydrogens is 292 g/mol. The Morgan fingerprint density at radius 1 is 1.35 bits per heavy atom. The molecule has 1 aromatic rings. The normalized spacial score (nSPS) is 20.2. The van der Waals surface area contributed by atoms with Crippen LogP contribution in [0.4, 0.5) is 14.5 Å².